The van der Waals surface area contributed by atoms with E-state index in [1.165, 1.54) is 17.5 Å². The van der Waals surface area contributed by atoms with Crippen molar-refractivity contribution in [1.82, 2.24) is 10.1 Å². The molecule has 1 unspecified atom stereocenters. The summed E-state index contributed by atoms with van der Waals surface area (Å²) in [4.78, 5) is 11.8. The first kappa shape index (κ1) is 16.7. The summed E-state index contributed by atoms with van der Waals surface area (Å²) in [7, 11) is 0. The zero-order valence-corrected chi connectivity index (χ0v) is 14.6. The lowest BCUT2D eigenvalue weighted by Crippen LogP contribution is -2.36. The number of hydrogen-bond donors (Lipinski definition) is 3. The van der Waals surface area contributed by atoms with Crippen LogP contribution in [0.15, 0.2) is 59.1 Å². The summed E-state index contributed by atoms with van der Waals surface area (Å²) < 4.78 is 3.80. The molecule has 0 aliphatic heterocycles. The molecule has 2 aromatic rings. The minimum absolute atomic E-state index is 0.236. The molecule has 1 atom stereocenters. The fourth-order valence-electron chi connectivity index (χ4n) is 1.87. The number of hydrogen-bond acceptors (Lipinski definition) is 3. The summed E-state index contributed by atoms with van der Waals surface area (Å²) in [6.45, 7) is 2.10. The predicted octanol–water partition coefficient (Wildman–Crippen LogP) is 4.87. The van der Waals surface area contributed by atoms with Crippen LogP contribution in [0.1, 0.15) is 24.2 Å². The Morgan fingerprint density at radius 3 is 2.45 bits per heavy atom. The molecule has 0 heterocycles. The van der Waals surface area contributed by atoms with E-state index in [0.717, 1.165) is 16.6 Å². The zero-order valence-electron chi connectivity index (χ0n) is 12.2. The standard InChI is InChI=1S/C16H18BrN3OS/c1-2-15(12-6-4-3-5-7-12)22-20-16(21)19-18-14-10-8-13(17)9-11-14/h3-11,15,18H,2H2,1H3,(H2,19,20,21). The predicted molar refractivity (Wildman–Crippen MR) is 96.5 cm³/mol. The quantitative estimate of drug-likeness (QED) is 0.495. The first-order valence-electron chi connectivity index (χ1n) is 6.97. The van der Waals surface area contributed by atoms with Crippen molar-refractivity contribution in [3.05, 3.63) is 64.6 Å². The minimum Gasteiger partial charge on any atom is -0.297 e. The third-order valence-electron chi connectivity index (χ3n) is 3.00. The van der Waals surface area contributed by atoms with E-state index in [0.29, 0.717) is 0 Å². The Balaban J connectivity index is 1.78. The van der Waals surface area contributed by atoms with E-state index in [4.69, 9.17) is 0 Å². The van der Waals surface area contributed by atoms with Gasteiger partial charge in [-0.15, -0.1) is 0 Å². The van der Waals surface area contributed by atoms with E-state index >= 15 is 0 Å². The van der Waals surface area contributed by atoms with Gasteiger partial charge in [0.1, 0.15) is 0 Å². The largest absolute Gasteiger partial charge is 0.343 e. The molecule has 0 saturated heterocycles. The molecule has 0 saturated carbocycles. The molecule has 2 amide bonds. The molecule has 3 N–H and O–H groups in total. The maximum absolute atomic E-state index is 11.8. The SMILES string of the molecule is CCC(SNC(=O)NNc1ccc(Br)cc1)c1ccccc1. The Hall–Kier alpha value is -1.66. The highest BCUT2D eigenvalue weighted by molar-refractivity contribution is 9.10. The van der Waals surface area contributed by atoms with Crippen LogP contribution >= 0.6 is 27.9 Å². The van der Waals surface area contributed by atoms with Gasteiger partial charge in [-0.05, 0) is 48.2 Å². The Morgan fingerprint density at radius 1 is 1.14 bits per heavy atom. The number of rotatable bonds is 6. The normalized spacial score (nSPS) is 11.5. The minimum atomic E-state index is -0.276. The third kappa shape index (κ3) is 5.27. The van der Waals surface area contributed by atoms with Crippen LogP contribution < -0.4 is 15.6 Å². The van der Waals surface area contributed by atoms with Crippen molar-refractivity contribution in [1.29, 1.82) is 0 Å². The van der Waals surface area contributed by atoms with Crippen LogP contribution in [0.2, 0.25) is 0 Å². The summed E-state index contributed by atoms with van der Waals surface area (Å²) >= 11 is 4.78. The van der Waals surface area contributed by atoms with Gasteiger partial charge in [0.15, 0.2) is 0 Å². The van der Waals surface area contributed by atoms with Crippen LogP contribution in [0.4, 0.5) is 10.5 Å². The first-order chi connectivity index (χ1) is 10.7. The number of benzene rings is 2. The number of nitrogens with one attached hydrogen (secondary N) is 3. The van der Waals surface area contributed by atoms with Gasteiger partial charge in [0.25, 0.3) is 0 Å². The monoisotopic (exact) mass is 379 g/mol. The third-order valence-corrected chi connectivity index (χ3v) is 4.72. The summed E-state index contributed by atoms with van der Waals surface area (Å²) in [5.41, 5.74) is 7.49. The zero-order chi connectivity index (χ0) is 15.8. The molecule has 6 heteroatoms. The van der Waals surface area contributed by atoms with Gasteiger partial charge < -0.3 is 0 Å². The highest BCUT2D eigenvalue weighted by Crippen LogP contribution is 2.29. The molecule has 0 aliphatic rings. The molecule has 22 heavy (non-hydrogen) atoms. The van der Waals surface area contributed by atoms with Gasteiger partial charge in [0.05, 0.1) is 5.69 Å². The highest BCUT2D eigenvalue weighted by atomic mass is 79.9. The Labute approximate surface area is 143 Å². The molecule has 2 rings (SSSR count). The Kier molecular flexibility index (Phi) is 6.61. The van der Waals surface area contributed by atoms with Crippen molar-refractivity contribution >= 4 is 39.6 Å². The van der Waals surface area contributed by atoms with Gasteiger partial charge in [-0.1, -0.05) is 53.2 Å². The van der Waals surface area contributed by atoms with E-state index in [1.807, 2.05) is 42.5 Å². The molecule has 0 aromatic heterocycles. The lowest BCUT2D eigenvalue weighted by molar-refractivity contribution is 0.248. The summed E-state index contributed by atoms with van der Waals surface area (Å²) in [5, 5.41) is 0.236. The van der Waals surface area contributed by atoms with Crippen LogP contribution in [0.3, 0.4) is 0 Å². The Morgan fingerprint density at radius 2 is 1.82 bits per heavy atom. The van der Waals surface area contributed by atoms with Crippen molar-refractivity contribution in [3.8, 4) is 0 Å². The van der Waals surface area contributed by atoms with E-state index < -0.39 is 0 Å². The first-order valence-corrected chi connectivity index (χ1v) is 8.64. The molecule has 2 aromatic carbocycles. The molecular formula is C16H18BrN3OS. The van der Waals surface area contributed by atoms with Crippen LogP contribution in [0, 0.1) is 0 Å². The van der Waals surface area contributed by atoms with Crippen LogP contribution in [0.25, 0.3) is 0 Å². The van der Waals surface area contributed by atoms with Crippen molar-refractivity contribution in [2.24, 2.45) is 0 Å². The number of urea groups is 1. The number of amides is 2. The fourth-order valence-corrected chi connectivity index (χ4v) is 2.89. The fraction of sp³-hybridized carbons (Fsp3) is 0.188. The number of halogens is 1. The molecule has 0 bridgehead atoms. The molecule has 0 radical (unpaired) electrons. The van der Waals surface area contributed by atoms with E-state index in [9.17, 15) is 4.79 Å². The number of hydrazine groups is 1. The highest BCUT2D eigenvalue weighted by Gasteiger charge is 2.11. The summed E-state index contributed by atoms with van der Waals surface area (Å²) in [5.74, 6) is 0. The van der Waals surface area contributed by atoms with Gasteiger partial charge in [0, 0.05) is 9.72 Å². The van der Waals surface area contributed by atoms with Crippen LogP contribution in [-0.4, -0.2) is 6.03 Å². The van der Waals surface area contributed by atoms with E-state index in [2.05, 4.69) is 50.6 Å². The topological polar surface area (TPSA) is 53.2 Å². The summed E-state index contributed by atoms with van der Waals surface area (Å²) in [6, 6.07) is 17.4. The van der Waals surface area contributed by atoms with Gasteiger partial charge >= 0.3 is 6.03 Å². The van der Waals surface area contributed by atoms with Gasteiger partial charge in [-0.25, -0.2) is 4.79 Å². The van der Waals surface area contributed by atoms with Crippen LogP contribution in [0.5, 0.6) is 0 Å². The van der Waals surface area contributed by atoms with Gasteiger partial charge in [0.2, 0.25) is 0 Å². The van der Waals surface area contributed by atoms with E-state index in [1.54, 1.807) is 0 Å². The number of anilines is 1. The van der Waals surface area contributed by atoms with E-state index in [-0.39, 0.29) is 11.3 Å². The number of carbonyl (C=O) groups excluding carboxylic acids is 1. The lowest BCUT2D eigenvalue weighted by atomic mass is 10.1. The maximum Gasteiger partial charge on any atom is 0.343 e. The number of carbonyl (C=O) groups is 1. The molecule has 4 nitrogen and oxygen atoms in total. The maximum atomic E-state index is 11.8. The van der Waals surface area contributed by atoms with Gasteiger partial charge in [-0.3, -0.25) is 15.6 Å². The van der Waals surface area contributed by atoms with Crippen molar-refractivity contribution in [2.75, 3.05) is 5.43 Å². The Bertz CT molecular complexity index is 592. The molecular weight excluding hydrogens is 362 g/mol. The second-order valence-corrected chi connectivity index (χ2v) is 6.54. The molecule has 0 aliphatic carbocycles. The lowest BCUT2D eigenvalue weighted by Gasteiger charge is -2.16. The van der Waals surface area contributed by atoms with Crippen LogP contribution in [-0.2, 0) is 0 Å². The second kappa shape index (κ2) is 8.70. The molecule has 0 fully saturated rings. The van der Waals surface area contributed by atoms with Crippen molar-refractivity contribution < 1.29 is 4.79 Å². The average molecular weight is 380 g/mol. The molecule has 116 valence electrons. The van der Waals surface area contributed by atoms with Crippen molar-refractivity contribution in [2.45, 2.75) is 18.6 Å². The second-order valence-electron chi connectivity index (χ2n) is 4.61. The van der Waals surface area contributed by atoms with Crippen molar-refractivity contribution in [3.63, 3.8) is 0 Å². The average Bonchev–Trinajstić information content (AvgIpc) is 2.56. The molecule has 0 spiro atoms. The smallest absolute Gasteiger partial charge is 0.297 e. The summed E-state index contributed by atoms with van der Waals surface area (Å²) in [6.07, 6.45) is 0.940. The van der Waals surface area contributed by atoms with Gasteiger partial charge in [-0.2, -0.15) is 0 Å².